The maximum absolute atomic E-state index is 12.9. The molecule has 51 heavy (non-hydrogen) atoms. The molecular weight excluding hydrogens is 634 g/mol. The summed E-state index contributed by atoms with van der Waals surface area (Å²) in [6.45, 7) is 10.4. The van der Waals surface area contributed by atoms with Crippen molar-refractivity contribution < 1.29 is 24.2 Å². The van der Waals surface area contributed by atoms with Gasteiger partial charge in [-0.05, 0) is 107 Å². The van der Waals surface area contributed by atoms with Crippen LogP contribution in [0.2, 0.25) is 0 Å². The molecule has 6 heteroatoms. The van der Waals surface area contributed by atoms with Crippen LogP contribution in [0.5, 0.6) is 0 Å². The Labute approximate surface area is 316 Å². The smallest absolute Gasteiger partial charge is 0.306 e. The van der Waals surface area contributed by atoms with E-state index in [1.165, 1.54) is 109 Å². The Morgan fingerprint density at radius 2 is 1.00 bits per heavy atom. The molecule has 0 bridgehead atoms. The van der Waals surface area contributed by atoms with Crippen LogP contribution in [0, 0.1) is 23.7 Å². The Kier molecular flexibility index (Phi) is 28.2. The number of nitrogens with zero attached hydrogens (tertiary/aromatic N) is 1. The fourth-order valence-corrected chi connectivity index (χ4v) is 8.16. The fourth-order valence-electron chi connectivity index (χ4n) is 8.16. The lowest BCUT2D eigenvalue weighted by atomic mass is 10.0. The SMILES string of the molecule is CCCCCCCCOC(=O)CCCCCCCN(CCO)CCCCCCCC(=O)OC(CCC1CC1CCCC)CCC1CC1CCCC. The van der Waals surface area contributed by atoms with E-state index in [-0.39, 0.29) is 24.6 Å². The van der Waals surface area contributed by atoms with E-state index in [1.807, 2.05) is 0 Å². The zero-order chi connectivity index (χ0) is 36.8. The first-order valence-electron chi connectivity index (χ1n) is 22.7. The van der Waals surface area contributed by atoms with Crippen LogP contribution >= 0.6 is 0 Å². The number of hydrogen-bond acceptors (Lipinski definition) is 6. The lowest BCUT2D eigenvalue weighted by Gasteiger charge is -2.21. The molecule has 2 aliphatic carbocycles. The molecule has 300 valence electrons. The van der Waals surface area contributed by atoms with Gasteiger partial charge in [-0.3, -0.25) is 9.59 Å². The van der Waals surface area contributed by atoms with Gasteiger partial charge in [-0.2, -0.15) is 0 Å². The Hall–Kier alpha value is -1.14. The number of aliphatic hydroxyl groups excluding tert-OH is 1. The third-order valence-electron chi connectivity index (χ3n) is 11.9. The highest BCUT2D eigenvalue weighted by Gasteiger charge is 2.38. The van der Waals surface area contributed by atoms with E-state index >= 15 is 0 Å². The molecule has 0 aromatic carbocycles. The number of hydrogen-bond donors (Lipinski definition) is 1. The summed E-state index contributed by atoms with van der Waals surface area (Å²) in [5.74, 6) is 3.66. The second kappa shape index (κ2) is 31.2. The van der Waals surface area contributed by atoms with Crippen molar-refractivity contribution in [3.8, 4) is 0 Å². The maximum atomic E-state index is 12.9. The van der Waals surface area contributed by atoms with Crippen LogP contribution in [0.3, 0.4) is 0 Å². The highest BCUT2D eigenvalue weighted by atomic mass is 16.5. The Bertz CT molecular complexity index is 809. The second-order valence-corrected chi connectivity index (χ2v) is 16.7. The van der Waals surface area contributed by atoms with E-state index in [9.17, 15) is 14.7 Å². The molecule has 0 heterocycles. The van der Waals surface area contributed by atoms with Crippen molar-refractivity contribution in [2.45, 2.75) is 219 Å². The lowest BCUT2D eigenvalue weighted by Crippen LogP contribution is -2.29. The number of carbonyl (C=O) groups excluding carboxylic acids is 2. The van der Waals surface area contributed by atoms with E-state index in [1.54, 1.807) is 0 Å². The molecule has 0 spiro atoms. The third kappa shape index (κ3) is 25.5. The Morgan fingerprint density at radius 3 is 1.53 bits per heavy atom. The van der Waals surface area contributed by atoms with E-state index in [2.05, 4.69) is 25.7 Å². The van der Waals surface area contributed by atoms with Crippen LogP contribution in [0.25, 0.3) is 0 Å². The lowest BCUT2D eigenvalue weighted by molar-refractivity contribution is -0.150. The Morgan fingerprint density at radius 1 is 0.549 bits per heavy atom. The van der Waals surface area contributed by atoms with Crippen molar-refractivity contribution in [2.24, 2.45) is 23.7 Å². The summed E-state index contributed by atoms with van der Waals surface area (Å²) in [6.07, 6.45) is 35.1. The zero-order valence-corrected chi connectivity index (χ0v) is 34.2. The van der Waals surface area contributed by atoms with Gasteiger partial charge >= 0.3 is 11.9 Å². The van der Waals surface area contributed by atoms with Crippen LogP contribution in [0.15, 0.2) is 0 Å². The number of rotatable bonds is 38. The van der Waals surface area contributed by atoms with E-state index in [0.29, 0.717) is 19.4 Å². The van der Waals surface area contributed by atoms with Crippen molar-refractivity contribution in [1.82, 2.24) is 4.90 Å². The fraction of sp³-hybridized carbons (Fsp3) is 0.956. The summed E-state index contributed by atoms with van der Waals surface area (Å²) in [5.41, 5.74) is 0. The van der Waals surface area contributed by atoms with Gasteiger partial charge in [0.1, 0.15) is 6.10 Å². The molecule has 2 saturated carbocycles. The highest BCUT2D eigenvalue weighted by Crippen LogP contribution is 2.47. The minimum absolute atomic E-state index is 0.0315. The summed E-state index contributed by atoms with van der Waals surface area (Å²) in [4.78, 5) is 27.2. The van der Waals surface area contributed by atoms with Gasteiger partial charge in [-0.25, -0.2) is 0 Å². The average Bonchev–Trinajstić information content (AvgIpc) is 4.06. The average molecular weight is 720 g/mol. The van der Waals surface area contributed by atoms with E-state index < -0.39 is 0 Å². The van der Waals surface area contributed by atoms with Crippen molar-refractivity contribution in [3.05, 3.63) is 0 Å². The molecule has 2 rings (SSSR count). The normalized spacial score (nSPS) is 20.1. The molecule has 2 aliphatic rings. The first kappa shape index (κ1) is 46.0. The monoisotopic (exact) mass is 720 g/mol. The Balaban J connectivity index is 1.48. The van der Waals surface area contributed by atoms with Gasteiger partial charge < -0.3 is 19.5 Å². The summed E-state index contributed by atoms with van der Waals surface area (Å²) in [7, 11) is 0. The van der Waals surface area contributed by atoms with Crippen LogP contribution < -0.4 is 0 Å². The molecule has 4 atom stereocenters. The minimum Gasteiger partial charge on any atom is -0.466 e. The summed E-state index contributed by atoms with van der Waals surface area (Å²) >= 11 is 0. The van der Waals surface area contributed by atoms with Gasteiger partial charge in [0.25, 0.3) is 0 Å². The standard InChI is InChI=1S/C45H85NO5/c1-4-7-10-11-18-23-36-50-44(48)26-19-14-12-16-21-32-46(34-35-47)33-22-17-13-15-20-27-45(49)51-43(30-28-41-37-39(41)24-8-5-2)31-29-42-38-40(42)25-9-6-3/h39-43,47H,4-38H2,1-3H3. The number of unbranched alkanes of at least 4 members (excludes halogenated alkanes) is 15. The molecule has 6 nitrogen and oxygen atoms in total. The summed E-state index contributed by atoms with van der Waals surface area (Å²) in [5, 5.41) is 9.56. The molecule has 0 aromatic rings. The third-order valence-corrected chi connectivity index (χ3v) is 11.9. The molecule has 0 radical (unpaired) electrons. The number of aliphatic hydroxyl groups is 1. The molecule has 1 N–H and O–H groups in total. The summed E-state index contributed by atoms with van der Waals surface area (Å²) < 4.78 is 11.5. The van der Waals surface area contributed by atoms with Crippen molar-refractivity contribution in [1.29, 1.82) is 0 Å². The van der Waals surface area contributed by atoms with Crippen molar-refractivity contribution in [2.75, 3.05) is 32.8 Å². The van der Waals surface area contributed by atoms with Crippen LogP contribution in [-0.2, 0) is 19.1 Å². The van der Waals surface area contributed by atoms with Gasteiger partial charge in [0, 0.05) is 19.4 Å². The largest absolute Gasteiger partial charge is 0.466 e. The van der Waals surface area contributed by atoms with Gasteiger partial charge in [-0.15, -0.1) is 0 Å². The van der Waals surface area contributed by atoms with Gasteiger partial charge in [-0.1, -0.05) is 130 Å². The van der Waals surface area contributed by atoms with E-state index in [0.717, 1.165) is 114 Å². The van der Waals surface area contributed by atoms with Gasteiger partial charge in [0.2, 0.25) is 0 Å². The first-order valence-corrected chi connectivity index (χ1v) is 22.7. The molecule has 4 unspecified atom stereocenters. The molecule has 0 aromatic heterocycles. The predicted octanol–water partition coefficient (Wildman–Crippen LogP) is 12.0. The van der Waals surface area contributed by atoms with Gasteiger partial charge in [0.15, 0.2) is 0 Å². The van der Waals surface area contributed by atoms with E-state index in [4.69, 9.17) is 9.47 Å². The second-order valence-electron chi connectivity index (χ2n) is 16.7. The first-order chi connectivity index (χ1) is 25.0. The van der Waals surface area contributed by atoms with Crippen molar-refractivity contribution >= 4 is 11.9 Å². The predicted molar refractivity (Wildman–Crippen MR) is 214 cm³/mol. The number of esters is 2. The maximum Gasteiger partial charge on any atom is 0.306 e. The number of ether oxygens (including phenoxy) is 2. The quantitative estimate of drug-likeness (QED) is 0.0506. The van der Waals surface area contributed by atoms with Gasteiger partial charge in [0.05, 0.1) is 13.2 Å². The molecule has 0 amide bonds. The van der Waals surface area contributed by atoms with Crippen LogP contribution in [-0.4, -0.2) is 60.9 Å². The summed E-state index contributed by atoms with van der Waals surface area (Å²) in [6, 6.07) is 0. The molecule has 2 fully saturated rings. The zero-order valence-electron chi connectivity index (χ0n) is 34.2. The molecular formula is C45H85NO5. The van der Waals surface area contributed by atoms with Crippen molar-refractivity contribution in [3.63, 3.8) is 0 Å². The molecule has 0 aliphatic heterocycles. The molecule has 0 saturated heterocycles. The van der Waals surface area contributed by atoms with Crippen LogP contribution in [0.1, 0.15) is 213 Å². The highest BCUT2D eigenvalue weighted by molar-refractivity contribution is 5.69. The topological polar surface area (TPSA) is 76.1 Å². The minimum atomic E-state index is -0.0315. The van der Waals surface area contributed by atoms with Crippen LogP contribution in [0.4, 0.5) is 0 Å². The number of carbonyl (C=O) groups is 2.